The molecular weight excluding hydrogens is 260 g/mol. The number of likely N-dealkylation sites (tertiary alicyclic amines) is 1. The molecule has 0 radical (unpaired) electrons. The molecule has 2 aliphatic rings. The molecule has 112 valence electrons. The van der Waals surface area contributed by atoms with Crippen LogP contribution in [0.4, 0.5) is 0 Å². The van der Waals surface area contributed by atoms with Crippen LogP contribution in [0.1, 0.15) is 32.6 Å². The predicted octanol–water partition coefficient (Wildman–Crippen LogP) is 0.314. The molecule has 0 spiro atoms. The van der Waals surface area contributed by atoms with Crippen LogP contribution in [-0.4, -0.2) is 48.9 Å². The minimum absolute atomic E-state index is 0.0112. The molecule has 2 heterocycles. The van der Waals surface area contributed by atoms with Gasteiger partial charge in [-0.2, -0.15) is 0 Å². The first kappa shape index (κ1) is 14.8. The maximum atomic E-state index is 12.4. The van der Waals surface area contributed by atoms with Gasteiger partial charge >= 0.3 is 5.97 Å². The Morgan fingerprint density at radius 2 is 2.15 bits per heavy atom. The Bertz CT molecular complexity index is 387. The summed E-state index contributed by atoms with van der Waals surface area (Å²) < 4.78 is 5.04. The van der Waals surface area contributed by atoms with Gasteiger partial charge in [0, 0.05) is 26.1 Å². The van der Waals surface area contributed by atoms with Crippen molar-refractivity contribution in [3.05, 3.63) is 0 Å². The molecule has 2 amide bonds. The van der Waals surface area contributed by atoms with Crippen molar-refractivity contribution in [2.24, 2.45) is 11.8 Å². The molecule has 1 unspecified atom stereocenters. The van der Waals surface area contributed by atoms with Crippen LogP contribution >= 0.6 is 0 Å². The van der Waals surface area contributed by atoms with Crippen LogP contribution in [0.2, 0.25) is 0 Å². The second kappa shape index (κ2) is 6.72. The third-order valence-electron chi connectivity index (χ3n) is 3.97. The SMILES string of the molecule is CCOC(=O)[C@@H]1CCCN(C(=O)C2CCC(=O)NC2)C1. The maximum absolute atomic E-state index is 12.4. The molecule has 0 aromatic heterocycles. The van der Waals surface area contributed by atoms with E-state index >= 15 is 0 Å². The summed E-state index contributed by atoms with van der Waals surface area (Å²) in [4.78, 5) is 37.1. The minimum atomic E-state index is -0.207. The summed E-state index contributed by atoms with van der Waals surface area (Å²) in [6.07, 6.45) is 2.62. The van der Waals surface area contributed by atoms with Crippen molar-refractivity contribution < 1.29 is 19.1 Å². The lowest BCUT2D eigenvalue weighted by atomic mass is 9.93. The lowest BCUT2D eigenvalue weighted by molar-refractivity contribution is -0.152. The van der Waals surface area contributed by atoms with Crippen molar-refractivity contribution in [2.75, 3.05) is 26.2 Å². The van der Waals surface area contributed by atoms with E-state index in [2.05, 4.69) is 5.32 Å². The summed E-state index contributed by atoms with van der Waals surface area (Å²) in [5, 5.41) is 2.73. The number of hydrogen-bond donors (Lipinski definition) is 1. The summed E-state index contributed by atoms with van der Waals surface area (Å²) in [7, 11) is 0. The number of esters is 1. The molecule has 2 rings (SSSR count). The van der Waals surface area contributed by atoms with Gasteiger partial charge in [0.1, 0.15) is 0 Å². The van der Waals surface area contributed by atoms with E-state index in [0.29, 0.717) is 39.1 Å². The molecule has 2 atom stereocenters. The van der Waals surface area contributed by atoms with Crippen LogP contribution in [0.5, 0.6) is 0 Å². The highest BCUT2D eigenvalue weighted by Gasteiger charge is 2.33. The van der Waals surface area contributed by atoms with Crippen LogP contribution in [0.25, 0.3) is 0 Å². The summed E-state index contributed by atoms with van der Waals surface area (Å²) in [5.41, 5.74) is 0. The molecule has 2 saturated heterocycles. The molecule has 0 bridgehead atoms. The zero-order valence-corrected chi connectivity index (χ0v) is 11.9. The van der Waals surface area contributed by atoms with E-state index in [4.69, 9.17) is 4.74 Å². The first-order chi connectivity index (χ1) is 9.61. The molecule has 0 aromatic rings. The maximum Gasteiger partial charge on any atom is 0.310 e. The van der Waals surface area contributed by atoms with Crippen LogP contribution in [0, 0.1) is 11.8 Å². The number of nitrogens with zero attached hydrogens (tertiary/aromatic N) is 1. The highest BCUT2D eigenvalue weighted by molar-refractivity contribution is 5.84. The number of carbonyl (C=O) groups is 3. The van der Waals surface area contributed by atoms with Crippen LogP contribution in [0.15, 0.2) is 0 Å². The van der Waals surface area contributed by atoms with Crippen molar-refractivity contribution in [3.8, 4) is 0 Å². The number of piperidine rings is 2. The molecular formula is C14H22N2O4. The van der Waals surface area contributed by atoms with E-state index in [9.17, 15) is 14.4 Å². The number of nitrogens with one attached hydrogen (secondary N) is 1. The van der Waals surface area contributed by atoms with Crippen molar-refractivity contribution in [1.29, 1.82) is 0 Å². The first-order valence-corrected chi connectivity index (χ1v) is 7.34. The standard InChI is InChI=1S/C14H22N2O4/c1-2-20-14(19)11-4-3-7-16(9-11)13(18)10-5-6-12(17)15-8-10/h10-11H,2-9H2,1H3,(H,15,17)/t10?,11-/m1/s1. The van der Waals surface area contributed by atoms with Gasteiger partial charge in [-0.15, -0.1) is 0 Å². The van der Waals surface area contributed by atoms with E-state index in [1.54, 1.807) is 11.8 Å². The Balaban J connectivity index is 1.89. The van der Waals surface area contributed by atoms with Crippen LogP contribution in [-0.2, 0) is 19.1 Å². The zero-order valence-electron chi connectivity index (χ0n) is 11.9. The van der Waals surface area contributed by atoms with E-state index in [1.165, 1.54) is 0 Å². The van der Waals surface area contributed by atoms with E-state index in [0.717, 1.165) is 12.8 Å². The molecule has 0 saturated carbocycles. The smallest absolute Gasteiger partial charge is 0.310 e. The van der Waals surface area contributed by atoms with Gasteiger partial charge in [0.25, 0.3) is 0 Å². The Labute approximate surface area is 118 Å². The van der Waals surface area contributed by atoms with Gasteiger partial charge in [-0.1, -0.05) is 0 Å². The molecule has 2 fully saturated rings. The third kappa shape index (κ3) is 3.49. The van der Waals surface area contributed by atoms with Gasteiger partial charge in [-0.05, 0) is 26.2 Å². The number of carbonyl (C=O) groups excluding carboxylic acids is 3. The van der Waals surface area contributed by atoms with E-state index in [-0.39, 0.29) is 29.6 Å². The van der Waals surface area contributed by atoms with E-state index < -0.39 is 0 Å². The van der Waals surface area contributed by atoms with Crippen LogP contribution in [0.3, 0.4) is 0 Å². The molecule has 1 N–H and O–H groups in total. The monoisotopic (exact) mass is 282 g/mol. The van der Waals surface area contributed by atoms with Gasteiger partial charge in [0.2, 0.25) is 11.8 Å². The summed E-state index contributed by atoms with van der Waals surface area (Å²) in [6, 6.07) is 0. The van der Waals surface area contributed by atoms with Gasteiger partial charge in [-0.3, -0.25) is 14.4 Å². The van der Waals surface area contributed by atoms with Gasteiger partial charge < -0.3 is 15.0 Å². The fourth-order valence-corrected chi connectivity index (χ4v) is 2.83. The summed E-state index contributed by atoms with van der Waals surface area (Å²) >= 11 is 0. The van der Waals surface area contributed by atoms with Crippen LogP contribution < -0.4 is 5.32 Å². The Morgan fingerprint density at radius 1 is 1.35 bits per heavy atom. The number of ether oxygens (including phenoxy) is 1. The molecule has 0 aliphatic carbocycles. The Morgan fingerprint density at radius 3 is 2.80 bits per heavy atom. The molecule has 6 nitrogen and oxygen atoms in total. The fraction of sp³-hybridized carbons (Fsp3) is 0.786. The third-order valence-corrected chi connectivity index (χ3v) is 3.97. The van der Waals surface area contributed by atoms with Gasteiger partial charge in [0.05, 0.1) is 18.4 Å². The summed E-state index contributed by atoms with van der Waals surface area (Å²) in [6.45, 7) is 3.71. The lowest BCUT2D eigenvalue weighted by Gasteiger charge is -2.35. The highest BCUT2D eigenvalue weighted by atomic mass is 16.5. The van der Waals surface area contributed by atoms with Crippen molar-refractivity contribution in [2.45, 2.75) is 32.6 Å². The second-order valence-corrected chi connectivity index (χ2v) is 5.42. The quantitative estimate of drug-likeness (QED) is 0.756. The largest absolute Gasteiger partial charge is 0.466 e. The number of rotatable bonds is 3. The second-order valence-electron chi connectivity index (χ2n) is 5.42. The normalized spacial score (nSPS) is 26.9. The first-order valence-electron chi connectivity index (χ1n) is 7.34. The lowest BCUT2D eigenvalue weighted by Crippen LogP contribution is -2.49. The minimum Gasteiger partial charge on any atom is -0.466 e. The van der Waals surface area contributed by atoms with E-state index in [1.807, 2.05) is 0 Å². The average molecular weight is 282 g/mol. The predicted molar refractivity (Wildman–Crippen MR) is 71.7 cm³/mol. The highest BCUT2D eigenvalue weighted by Crippen LogP contribution is 2.22. The average Bonchev–Trinajstić information content (AvgIpc) is 2.48. The molecule has 0 aromatic carbocycles. The summed E-state index contributed by atoms with van der Waals surface area (Å²) in [5.74, 6) is -0.488. The van der Waals surface area contributed by atoms with Crippen molar-refractivity contribution in [1.82, 2.24) is 10.2 Å². The van der Waals surface area contributed by atoms with Gasteiger partial charge in [0.15, 0.2) is 0 Å². The van der Waals surface area contributed by atoms with Crippen molar-refractivity contribution in [3.63, 3.8) is 0 Å². The van der Waals surface area contributed by atoms with Gasteiger partial charge in [-0.25, -0.2) is 0 Å². The molecule has 20 heavy (non-hydrogen) atoms. The Kier molecular flexibility index (Phi) is 4.98. The fourth-order valence-electron chi connectivity index (χ4n) is 2.83. The Hall–Kier alpha value is -1.59. The number of hydrogen-bond acceptors (Lipinski definition) is 4. The molecule has 2 aliphatic heterocycles. The van der Waals surface area contributed by atoms with Crippen molar-refractivity contribution >= 4 is 17.8 Å². The topological polar surface area (TPSA) is 75.7 Å². The molecule has 6 heteroatoms. The zero-order chi connectivity index (χ0) is 14.5. The number of amides is 2.